The van der Waals surface area contributed by atoms with Crippen LogP contribution in [-0.2, 0) is 26.8 Å². The zero-order valence-corrected chi connectivity index (χ0v) is 30.0. The molecular formula is C38H47F5N2O5S. The second-order valence-corrected chi connectivity index (χ2v) is 16.6. The topological polar surface area (TPSA) is 84.9 Å². The van der Waals surface area contributed by atoms with E-state index in [9.17, 15) is 35.8 Å². The second kappa shape index (κ2) is 15.1. The van der Waals surface area contributed by atoms with Gasteiger partial charge in [-0.1, -0.05) is 13.0 Å². The standard InChI is InChI=1S/C38H47F5N2O5S/c1-24-21-30-26(23-32(24)50-35(47)44-27-6-8-28(9-7-27)45-15-17-49-18-16-45)22-25(34-29(30)12-14-36(2)31(34)10-11-33(36)46)5-3-19-51(48)20-4-13-37(39,40)38(41,42)43/h6-9,21,23,25,29,31,34H,3-5,10-20,22H2,1-2H3,(H,44,47)/t25-,29-,31+,34-,36+,51?/m1/s1. The van der Waals surface area contributed by atoms with E-state index in [-0.39, 0.29) is 40.6 Å². The van der Waals surface area contributed by atoms with Crippen molar-refractivity contribution < 1.29 is 45.2 Å². The second-order valence-electron chi connectivity index (χ2n) is 14.9. The van der Waals surface area contributed by atoms with Crippen molar-refractivity contribution in [3.8, 4) is 5.75 Å². The number of ketones is 1. The third kappa shape index (κ3) is 8.14. The van der Waals surface area contributed by atoms with Gasteiger partial charge in [0.2, 0.25) is 0 Å². The van der Waals surface area contributed by atoms with Gasteiger partial charge in [0.15, 0.2) is 0 Å². The van der Waals surface area contributed by atoms with Gasteiger partial charge >= 0.3 is 18.2 Å². The lowest BCUT2D eigenvalue weighted by molar-refractivity contribution is -0.284. The Morgan fingerprint density at radius 3 is 2.47 bits per heavy atom. The van der Waals surface area contributed by atoms with Gasteiger partial charge in [-0.2, -0.15) is 22.0 Å². The lowest BCUT2D eigenvalue weighted by Gasteiger charge is -2.52. The molecule has 2 aromatic rings. The lowest BCUT2D eigenvalue weighted by Crippen LogP contribution is -2.46. The van der Waals surface area contributed by atoms with Crippen molar-refractivity contribution in [1.82, 2.24) is 0 Å². The largest absolute Gasteiger partial charge is 0.453 e. The maximum atomic E-state index is 13.3. The van der Waals surface area contributed by atoms with Crippen LogP contribution in [0.4, 0.5) is 38.1 Å². The van der Waals surface area contributed by atoms with Gasteiger partial charge < -0.3 is 14.4 Å². The highest BCUT2D eigenvalue weighted by molar-refractivity contribution is 7.84. The number of Topliss-reactive ketones (excluding diaryl/α,β-unsaturated/α-hetero) is 1. The third-order valence-corrected chi connectivity index (χ3v) is 13.3. The van der Waals surface area contributed by atoms with Crippen molar-refractivity contribution in [2.45, 2.75) is 89.7 Å². The zero-order chi connectivity index (χ0) is 36.6. The molecule has 0 bridgehead atoms. The monoisotopic (exact) mass is 738 g/mol. The first-order valence-electron chi connectivity index (χ1n) is 18.0. The van der Waals surface area contributed by atoms with Crippen LogP contribution >= 0.6 is 0 Å². The van der Waals surface area contributed by atoms with Gasteiger partial charge in [0.05, 0.1) is 13.2 Å². The van der Waals surface area contributed by atoms with Crippen LogP contribution in [-0.4, -0.2) is 66.0 Å². The molecule has 280 valence electrons. The van der Waals surface area contributed by atoms with Crippen LogP contribution < -0.4 is 15.0 Å². The van der Waals surface area contributed by atoms with Gasteiger partial charge in [-0.3, -0.25) is 14.3 Å². The molecule has 0 aromatic heterocycles. The van der Waals surface area contributed by atoms with Crippen LogP contribution in [0.2, 0.25) is 0 Å². The first-order chi connectivity index (χ1) is 24.2. The minimum absolute atomic E-state index is 0.152. The molecule has 2 aromatic carbocycles. The summed E-state index contributed by atoms with van der Waals surface area (Å²) in [6.07, 6.45) is -3.10. The minimum Gasteiger partial charge on any atom is -0.410 e. The molecule has 4 aliphatic rings. The van der Waals surface area contributed by atoms with Crippen molar-refractivity contribution in [2.24, 2.45) is 23.2 Å². The van der Waals surface area contributed by atoms with Crippen LogP contribution in [0.1, 0.15) is 80.9 Å². The Labute approximate surface area is 298 Å². The summed E-state index contributed by atoms with van der Waals surface area (Å²) in [5, 5.41) is 2.82. The number of benzene rings is 2. The maximum absolute atomic E-state index is 13.3. The molecule has 51 heavy (non-hydrogen) atoms. The Hall–Kier alpha value is -3.06. The van der Waals surface area contributed by atoms with Crippen molar-refractivity contribution in [1.29, 1.82) is 0 Å². The van der Waals surface area contributed by atoms with E-state index >= 15 is 0 Å². The molecule has 6 rings (SSSR count). The molecule has 1 heterocycles. The highest BCUT2D eigenvalue weighted by Crippen LogP contribution is 2.61. The predicted molar refractivity (Wildman–Crippen MR) is 186 cm³/mol. The molecule has 3 aliphatic carbocycles. The molecule has 1 N–H and O–H groups in total. The molecule has 0 spiro atoms. The Bertz CT molecular complexity index is 1610. The number of halogens is 5. The number of anilines is 2. The number of carbonyl (C=O) groups excluding carboxylic acids is 2. The summed E-state index contributed by atoms with van der Waals surface area (Å²) < 4.78 is 88.2. The average molecular weight is 739 g/mol. The maximum Gasteiger partial charge on any atom is 0.453 e. The molecule has 1 amide bonds. The van der Waals surface area contributed by atoms with E-state index in [1.54, 1.807) is 0 Å². The summed E-state index contributed by atoms with van der Waals surface area (Å²) in [6.45, 7) is 7.00. The summed E-state index contributed by atoms with van der Waals surface area (Å²) in [4.78, 5) is 28.4. The number of amides is 1. The fourth-order valence-corrected chi connectivity index (χ4v) is 10.3. The van der Waals surface area contributed by atoms with E-state index in [1.165, 1.54) is 5.56 Å². The number of ether oxygens (including phenoxy) is 2. The molecule has 1 unspecified atom stereocenters. The third-order valence-electron chi connectivity index (χ3n) is 11.8. The lowest BCUT2D eigenvalue weighted by atomic mass is 9.52. The molecule has 0 radical (unpaired) electrons. The van der Waals surface area contributed by atoms with Crippen LogP contribution in [0.25, 0.3) is 0 Å². The van der Waals surface area contributed by atoms with Gasteiger partial charge in [-0.25, -0.2) is 4.79 Å². The van der Waals surface area contributed by atoms with Gasteiger partial charge in [0, 0.05) is 65.0 Å². The Morgan fingerprint density at radius 1 is 1.06 bits per heavy atom. The van der Waals surface area contributed by atoms with E-state index in [1.807, 2.05) is 37.3 Å². The number of carbonyl (C=O) groups is 2. The normalized spacial score (nSPS) is 27.0. The van der Waals surface area contributed by atoms with Gasteiger partial charge in [-0.05, 0) is 123 Å². The van der Waals surface area contributed by atoms with Gasteiger partial charge in [0.25, 0.3) is 0 Å². The fraction of sp³-hybridized carbons (Fsp3) is 0.632. The number of nitrogens with one attached hydrogen (secondary N) is 1. The molecule has 3 fully saturated rings. The number of hydrogen-bond donors (Lipinski definition) is 1. The molecular weight excluding hydrogens is 691 g/mol. The molecule has 1 saturated heterocycles. The summed E-state index contributed by atoms with van der Waals surface area (Å²) in [5.74, 6) is -3.19. The van der Waals surface area contributed by atoms with Crippen LogP contribution in [0.15, 0.2) is 36.4 Å². The molecule has 1 aliphatic heterocycles. The predicted octanol–water partition coefficient (Wildman–Crippen LogP) is 8.60. The minimum atomic E-state index is -5.61. The Balaban J connectivity index is 1.13. The van der Waals surface area contributed by atoms with Crippen LogP contribution in [0, 0.1) is 30.1 Å². The molecule has 7 nitrogen and oxygen atoms in total. The number of morpholine rings is 1. The zero-order valence-electron chi connectivity index (χ0n) is 29.2. The van der Waals surface area contributed by atoms with Crippen molar-refractivity contribution in [2.75, 3.05) is 48.0 Å². The van der Waals surface area contributed by atoms with Crippen LogP contribution in [0.5, 0.6) is 5.75 Å². The van der Waals surface area contributed by atoms with Crippen molar-refractivity contribution in [3.63, 3.8) is 0 Å². The van der Waals surface area contributed by atoms with E-state index < -0.39 is 41.8 Å². The molecule has 6 atom stereocenters. The number of nitrogens with zero attached hydrogens (tertiary/aromatic N) is 1. The number of aryl methyl sites for hydroxylation is 1. The SMILES string of the molecule is Cc1cc2c(cc1OC(=O)Nc1ccc(N3CCOCC3)cc1)C[C@@H](CCCS(=O)CCCC(F)(F)C(F)(F)F)[C@@H]1[C@@H]2CC[C@]2(C)C(=O)CC[C@@H]12. The first-order valence-corrected chi connectivity index (χ1v) is 19.5. The summed E-state index contributed by atoms with van der Waals surface area (Å²) in [7, 11) is -1.52. The highest BCUT2D eigenvalue weighted by Gasteiger charge is 2.57. The Kier molecular flexibility index (Phi) is 11.2. The van der Waals surface area contributed by atoms with E-state index in [4.69, 9.17) is 9.47 Å². The fourth-order valence-electron chi connectivity index (χ4n) is 9.11. The van der Waals surface area contributed by atoms with Crippen molar-refractivity contribution in [3.05, 3.63) is 53.1 Å². The average Bonchev–Trinajstić information content (AvgIpc) is 3.39. The number of alkyl halides is 5. The van der Waals surface area contributed by atoms with E-state index in [0.29, 0.717) is 56.1 Å². The first kappa shape index (κ1) is 37.7. The molecule has 13 heteroatoms. The van der Waals surface area contributed by atoms with Crippen molar-refractivity contribution >= 4 is 34.1 Å². The summed E-state index contributed by atoms with van der Waals surface area (Å²) in [5.41, 5.74) is 4.42. The summed E-state index contributed by atoms with van der Waals surface area (Å²) >= 11 is 0. The van der Waals surface area contributed by atoms with E-state index in [2.05, 4.69) is 23.2 Å². The van der Waals surface area contributed by atoms with Crippen LogP contribution in [0.3, 0.4) is 0 Å². The van der Waals surface area contributed by atoms with E-state index in [0.717, 1.165) is 49.2 Å². The Morgan fingerprint density at radius 2 is 1.76 bits per heavy atom. The molecule has 2 saturated carbocycles. The number of hydrogen-bond acceptors (Lipinski definition) is 6. The van der Waals surface area contributed by atoms with Gasteiger partial charge in [-0.15, -0.1) is 0 Å². The highest BCUT2D eigenvalue weighted by atomic mass is 32.2. The number of rotatable bonds is 11. The number of fused-ring (bicyclic) bond motifs is 5. The van der Waals surface area contributed by atoms with Gasteiger partial charge in [0.1, 0.15) is 11.5 Å². The quantitative estimate of drug-likeness (QED) is 0.233. The summed E-state index contributed by atoms with van der Waals surface area (Å²) in [6, 6.07) is 11.7. The smallest absolute Gasteiger partial charge is 0.410 e.